The molecule has 0 spiro atoms. The van der Waals surface area contributed by atoms with Crippen molar-refractivity contribution in [2.75, 3.05) is 23.7 Å². The van der Waals surface area contributed by atoms with E-state index in [4.69, 9.17) is 5.73 Å². The highest BCUT2D eigenvalue weighted by molar-refractivity contribution is 5.67. The Morgan fingerprint density at radius 3 is 2.93 bits per heavy atom. The van der Waals surface area contributed by atoms with Crippen molar-refractivity contribution in [2.45, 2.75) is 6.42 Å². The minimum Gasteiger partial charge on any atom is -0.381 e. The van der Waals surface area contributed by atoms with Gasteiger partial charge in [-0.2, -0.15) is 9.61 Å². The molecule has 2 aromatic heterocycles. The van der Waals surface area contributed by atoms with Gasteiger partial charge in [0.25, 0.3) is 0 Å². The SMILES string of the molecule is Nc1nc2cccnn2c1N1CCC1. The minimum absolute atomic E-state index is 0.573. The molecule has 0 radical (unpaired) electrons. The van der Waals surface area contributed by atoms with Gasteiger partial charge < -0.3 is 10.6 Å². The number of imidazole rings is 1. The number of hydrogen-bond donors (Lipinski definition) is 1. The number of anilines is 2. The first-order chi connectivity index (χ1) is 6.86. The summed E-state index contributed by atoms with van der Waals surface area (Å²) in [6, 6.07) is 3.77. The number of rotatable bonds is 1. The molecule has 1 aliphatic heterocycles. The highest BCUT2D eigenvalue weighted by atomic mass is 15.4. The number of nitrogens with zero attached hydrogens (tertiary/aromatic N) is 4. The summed E-state index contributed by atoms with van der Waals surface area (Å²) in [5.74, 6) is 1.51. The summed E-state index contributed by atoms with van der Waals surface area (Å²) in [7, 11) is 0. The van der Waals surface area contributed by atoms with E-state index in [2.05, 4.69) is 15.0 Å². The maximum Gasteiger partial charge on any atom is 0.175 e. The van der Waals surface area contributed by atoms with Crippen LogP contribution in [0.2, 0.25) is 0 Å². The average molecular weight is 189 g/mol. The standard InChI is InChI=1S/C9H11N5/c10-8-9(13-5-2-6-13)14-7(12-8)3-1-4-11-14/h1,3-4H,2,5-6,10H2. The van der Waals surface area contributed by atoms with E-state index in [0.29, 0.717) is 5.82 Å². The number of fused-ring (bicyclic) bond motifs is 1. The zero-order chi connectivity index (χ0) is 9.54. The van der Waals surface area contributed by atoms with Crippen LogP contribution in [-0.4, -0.2) is 27.7 Å². The molecule has 0 saturated carbocycles. The molecule has 3 heterocycles. The predicted octanol–water partition coefficient (Wildman–Crippen LogP) is 0.522. The number of hydrogen-bond acceptors (Lipinski definition) is 4. The van der Waals surface area contributed by atoms with E-state index in [9.17, 15) is 0 Å². The molecular formula is C9H11N5. The van der Waals surface area contributed by atoms with E-state index >= 15 is 0 Å². The zero-order valence-corrected chi connectivity index (χ0v) is 7.72. The Morgan fingerprint density at radius 1 is 1.36 bits per heavy atom. The second-order valence-electron chi connectivity index (χ2n) is 3.45. The first kappa shape index (κ1) is 7.61. The quantitative estimate of drug-likeness (QED) is 0.710. The molecule has 5 nitrogen and oxygen atoms in total. The molecule has 1 fully saturated rings. The third-order valence-electron chi connectivity index (χ3n) is 2.55. The van der Waals surface area contributed by atoms with Crippen molar-refractivity contribution in [3.8, 4) is 0 Å². The topological polar surface area (TPSA) is 59.4 Å². The van der Waals surface area contributed by atoms with Crippen LogP contribution in [0.25, 0.3) is 5.65 Å². The summed E-state index contributed by atoms with van der Waals surface area (Å²) in [6.07, 6.45) is 2.97. The summed E-state index contributed by atoms with van der Waals surface area (Å²) in [5.41, 5.74) is 6.66. The zero-order valence-electron chi connectivity index (χ0n) is 7.72. The van der Waals surface area contributed by atoms with Crippen molar-refractivity contribution in [2.24, 2.45) is 0 Å². The normalized spacial score (nSPS) is 15.9. The Kier molecular flexibility index (Phi) is 1.41. The van der Waals surface area contributed by atoms with Crippen LogP contribution in [0.1, 0.15) is 6.42 Å². The van der Waals surface area contributed by atoms with Crippen LogP contribution < -0.4 is 10.6 Å². The second-order valence-corrected chi connectivity index (χ2v) is 3.45. The molecule has 2 aromatic rings. The molecule has 2 N–H and O–H groups in total. The molecular weight excluding hydrogens is 178 g/mol. The van der Waals surface area contributed by atoms with Crippen LogP contribution in [0.15, 0.2) is 18.3 Å². The van der Waals surface area contributed by atoms with Gasteiger partial charge in [-0.15, -0.1) is 0 Å². The first-order valence-electron chi connectivity index (χ1n) is 4.70. The van der Waals surface area contributed by atoms with Crippen LogP contribution >= 0.6 is 0 Å². The summed E-state index contributed by atoms with van der Waals surface area (Å²) >= 11 is 0. The van der Waals surface area contributed by atoms with Gasteiger partial charge in [-0.25, -0.2) is 4.98 Å². The molecule has 0 bridgehead atoms. The summed E-state index contributed by atoms with van der Waals surface area (Å²) in [6.45, 7) is 2.10. The molecule has 3 rings (SSSR count). The molecule has 1 saturated heterocycles. The van der Waals surface area contributed by atoms with E-state index < -0.39 is 0 Å². The summed E-state index contributed by atoms with van der Waals surface area (Å²) < 4.78 is 1.80. The van der Waals surface area contributed by atoms with Crippen molar-refractivity contribution in [1.29, 1.82) is 0 Å². The lowest BCUT2D eigenvalue weighted by atomic mass is 10.2. The highest BCUT2D eigenvalue weighted by Gasteiger charge is 2.22. The van der Waals surface area contributed by atoms with Gasteiger partial charge in [0.05, 0.1) is 0 Å². The van der Waals surface area contributed by atoms with Crippen LogP contribution in [0.4, 0.5) is 11.6 Å². The van der Waals surface area contributed by atoms with Gasteiger partial charge in [0, 0.05) is 19.3 Å². The third-order valence-corrected chi connectivity index (χ3v) is 2.55. The van der Waals surface area contributed by atoms with Crippen LogP contribution in [0.3, 0.4) is 0 Å². The molecule has 0 atom stereocenters. The van der Waals surface area contributed by atoms with E-state index in [1.54, 1.807) is 10.7 Å². The smallest absolute Gasteiger partial charge is 0.175 e. The maximum atomic E-state index is 5.85. The lowest BCUT2D eigenvalue weighted by Gasteiger charge is -2.32. The fraction of sp³-hybridized carbons (Fsp3) is 0.333. The molecule has 14 heavy (non-hydrogen) atoms. The van der Waals surface area contributed by atoms with Gasteiger partial charge in [-0.3, -0.25) is 0 Å². The van der Waals surface area contributed by atoms with Gasteiger partial charge in [0.15, 0.2) is 17.3 Å². The van der Waals surface area contributed by atoms with Crippen molar-refractivity contribution < 1.29 is 0 Å². The van der Waals surface area contributed by atoms with Crippen LogP contribution in [0, 0.1) is 0 Å². The lowest BCUT2D eigenvalue weighted by molar-refractivity contribution is 0.602. The predicted molar refractivity (Wildman–Crippen MR) is 54.2 cm³/mol. The minimum atomic E-state index is 0.573. The highest BCUT2D eigenvalue weighted by Crippen LogP contribution is 2.26. The second kappa shape index (κ2) is 2.60. The van der Waals surface area contributed by atoms with Gasteiger partial charge in [-0.1, -0.05) is 0 Å². The van der Waals surface area contributed by atoms with Crippen molar-refractivity contribution in [1.82, 2.24) is 14.6 Å². The third kappa shape index (κ3) is 0.891. The van der Waals surface area contributed by atoms with Gasteiger partial charge in [0.2, 0.25) is 0 Å². The first-order valence-corrected chi connectivity index (χ1v) is 4.70. The Morgan fingerprint density at radius 2 is 2.21 bits per heavy atom. The summed E-state index contributed by atoms with van der Waals surface area (Å²) in [5, 5.41) is 4.24. The molecule has 0 amide bonds. The Balaban J connectivity index is 2.24. The van der Waals surface area contributed by atoms with Crippen LogP contribution in [0.5, 0.6) is 0 Å². The van der Waals surface area contributed by atoms with Gasteiger partial charge >= 0.3 is 0 Å². The maximum absolute atomic E-state index is 5.85. The van der Waals surface area contributed by atoms with Crippen LogP contribution in [-0.2, 0) is 0 Å². The molecule has 1 aliphatic rings. The number of nitrogens with two attached hydrogens (primary N) is 1. The van der Waals surface area contributed by atoms with E-state index in [-0.39, 0.29) is 0 Å². The van der Waals surface area contributed by atoms with E-state index in [1.165, 1.54) is 6.42 Å². The van der Waals surface area contributed by atoms with Crippen molar-refractivity contribution >= 4 is 17.3 Å². The Hall–Kier alpha value is -1.78. The molecule has 0 aliphatic carbocycles. The van der Waals surface area contributed by atoms with E-state index in [1.807, 2.05) is 12.1 Å². The Bertz CT molecular complexity index is 471. The summed E-state index contributed by atoms with van der Waals surface area (Å²) in [4.78, 5) is 6.45. The molecule has 0 unspecified atom stereocenters. The van der Waals surface area contributed by atoms with Crippen molar-refractivity contribution in [3.63, 3.8) is 0 Å². The average Bonchev–Trinajstić information content (AvgIpc) is 2.41. The molecule has 5 heteroatoms. The van der Waals surface area contributed by atoms with Crippen molar-refractivity contribution in [3.05, 3.63) is 18.3 Å². The molecule has 72 valence electrons. The molecule has 0 aromatic carbocycles. The van der Waals surface area contributed by atoms with E-state index in [0.717, 1.165) is 24.6 Å². The lowest BCUT2D eigenvalue weighted by Crippen LogP contribution is -2.38. The monoisotopic (exact) mass is 189 g/mol. The van der Waals surface area contributed by atoms with Gasteiger partial charge in [-0.05, 0) is 18.6 Å². The fourth-order valence-electron chi connectivity index (χ4n) is 1.72. The number of nitrogen functional groups attached to an aromatic ring is 1. The number of aromatic nitrogens is 3. The largest absolute Gasteiger partial charge is 0.381 e. The Labute approximate surface area is 81.1 Å². The fourth-order valence-corrected chi connectivity index (χ4v) is 1.72. The van der Waals surface area contributed by atoms with Gasteiger partial charge in [0.1, 0.15) is 0 Å².